The maximum Gasteiger partial charge on any atom is 0.0361 e. The van der Waals surface area contributed by atoms with Gasteiger partial charge in [0, 0.05) is 10.5 Å². The highest BCUT2D eigenvalue weighted by molar-refractivity contribution is 9.10. The van der Waals surface area contributed by atoms with E-state index in [0.717, 1.165) is 10.9 Å². The first-order valence-corrected chi connectivity index (χ1v) is 7.79. The molecule has 0 aliphatic carbocycles. The van der Waals surface area contributed by atoms with Gasteiger partial charge in [-0.2, -0.15) is 0 Å². The van der Waals surface area contributed by atoms with E-state index in [4.69, 9.17) is 0 Å². The van der Waals surface area contributed by atoms with Gasteiger partial charge in [-0.05, 0) is 63.1 Å². The fourth-order valence-electron chi connectivity index (χ4n) is 2.82. The van der Waals surface area contributed by atoms with Crippen molar-refractivity contribution in [2.45, 2.75) is 33.2 Å². The van der Waals surface area contributed by atoms with Crippen molar-refractivity contribution in [2.24, 2.45) is 0 Å². The molecule has 0 radical (unpaired) electrons. The fourth-order valence-corrected chi connectivity index (χ4v) is 3.30. The van der Waals surface area contributed by atoms with Crippen molar-refractivity contribution in [3.63, 3.8) is 0 Å². The number of nitrogens with one attached hydrogen (secondary N) is 1. The molecule has 2 aromatic carbocycles. The Labute approximate surface area is 130 Å². The minimum atomic E-state index is 0.351. The van der Waals surface area contributed by atoms with Crippen LogP contribution in [0.2, 0.25) is 0 Å². The number of halogens is 1. The second kappa shape index (κ2) is 6.55. The third-order valence-corrected chi connectivity index (χ3v) is 4.17. The van der Waals surface area contributed by atoms with Crippen LogP contribution in [0.25, 0.3) is 0 Å². The molecule has 2 rings (SSSR count). The Morgan fingerprint density at radius 3 is 2.20 bits per heavy atom. The quantitative estimate of drug-likeness (QED) is 0.842. The van der Waals surface area contributed by atoms with Gasteiger partial charge in [-0.3, -0.25) is 0 Å². The molecule has 1 unspecified atom stereocenters. The molecule has 1 nitrogen and oxygen atoms in total. The van der Waals surface area contributed by atoms with Crippen LogP contribution in [0.4, 0.5) is 0 Å². The van der Waals surface area contributed by atoms with Crippen LogP contribution in [0, 0.1) is 20.8 Å². The van der Waals surface area contributed by atoms with Gasteiger partial charge in [0.2, 0.25) is 0 Å². The highest BCUT2D eigenvalue weighted by Crippen LogP contribution is 2.25. The summed E-state index contributed by atoms with van der Waals surface area (Å²) in [5.41, 5.74) is 6.76. The summed E-state index contributed by atoms with van der Waals surface area (Å²) in [6, 6.07) is 13.7. The lowest BCUT2D eigenvalue weighted by Crippen LogP contribution is -2.20. The molecule has 0 aliphatic heterocycles. The lowest BCUT2D eigenvalue weighted by atomic mass is 9.94. The van der Waals surface area contributed by atoms with Gasteiger partial charge in [-0.25, -0.2) is 0 Å². The Bertz CT molecular complexity index is 584. The number of likely N-dealkylation sites (N-methyl/N-ethyl adjacent to an activating group) is 1. The molecular formula is C18H22BrN. The average molecular weight is 332 g/mol. The Kier molecular flexibility index (Phi) is 5.00. The van der Waals surface area contributed by atoms with Gasteiger partial charge in [-0.15, -0.1) is 0 Å². The predicted molar refractivity (Wildman–Crippen MR) is 90.3 cm³/mol. The van der Waals surface area contributed by atoms with E-state index in [-0.39, 0.29) is 0 Å². The number of hydrogen-bond donors (Lipinski definition) is 1. The van der Waals surface area contributed by atoms with Crippen molar-refractivity contribution >= 4 is 15.9 Å². The summed E-state index contributed by atoms with van der Waals surface area (Å²) in [6.45, 7) is 6.50. The first kappa shape index (κ1) is 15.3. The molecule has 0 bridgehead atoms. The summed E-state index contributed by atoms with van der Waals surface area (Å²) in [7, 11) is 2.04. The Morgan fingerprint density at radius 1 is 1.00 bits per heavy atom. The molecule has 0 aromatic heterocycles. The fraction of sp³-hybridized carbons (Fsp3) is 0.333. The summed E-state index contributed by atoms with van der Waals surface area (Å²) in [5.74, 6) is 0. The van der Waals surface area contributed by atoms with Crippen molar-refractivity contribution in [1.82, 2.24) is 5.32 Å². The normalized spacial score (nSPS) is 12.4. The van der Waals surface area contributed by atoms with Crippen molar-refractivity contribution in [1.29, 1.82) is 0 Å². The van der Waals surface area contributed by atoms with E-state index in [1.54, 1.807) is 0 Å². The maximum atomic E-state index is 3.53. The highest BCUT2D eigenvalue weighted by Gasteiger charge is 2.13. The molecule has 2 aromatic rings. The molecule has 0 heterocycles. The van der Waals surface area contributed by atoms with Crippen LogP contribution in [0.5, 0.6) is 0 Å². The van der Waals surface area contributed by atoms with Gasteiger partial charge >= 0.3 is 0 Å². The number of benzene rings is 2. The van der Waals surface area contributed by atoms with Crippen molar-refractivity contribution in [2.75, 3.05) is 7.05 Å². The molecular weight excluding hydrogens is 310 g/mol. The first-order valence-electron chi connectivity index (χ1n) is 7.00. The molecule has 0 fully saturated rings. The van der Waals surface area contributed by atoms with Crippen LogP contribution in [-0.4, -0.2) is 7.05 Å². The zero-order chi connectivity index (χ0) is 14.7. The monoisotopic (exact) mass is 331 g/mol. The molecule has 1 N–H and O–H groups in total. The predicted octanol–water partition coefficient (Wildman–Crippen LogP) is 4.88. The average Bonchev–Trinajstić information content (AvgIpc) is 2.35. The van der Waals surface area contributed by atoms with Crippen LogP contribution < -0.4 is 5.32 Å². The first-order chi connectivity index (χ1) is 9.49. The van der Waals surface area contributed by atoms with E-state index in [1.807, 2.05) is 7.05 Å². The van der Waals surface area contributed by atoms with E-state index in [0.29, 0.717) is 6.04 Å². The number of rotatable bonds is 4. The third kappa shape index (κ3) is 3.71. The summed E-state index contributed by atoms with van der Waals surface area (Å²) >= 11 is 3.53. The molecule has 20 heavy (non-hydrogen) atoms. The number of aryl methyl sites for hydroxylation is 3. The summed E-state index contributed by atoms with van der Waals surface area (Å²) in [6.07, 6.45) is 1.02. The maximum absolute atomic E-state index is 3.53. The second-order valence-corrected chi connectivity index (χ2v) is 6.46. The van der Waals surface area contributed by atoms with Crippen LogP contribution in [0.15, 0.2) is 40.9 Å². The van der Waals surface area contributed by atoms with Crippen molar-refractivity contribution < 1.29 is 0 Å². The Balaban J connectivity index is 2.28. The van der Waals surface area contributed by atoms with E-state index in [1.165, 1.54) is 27.8 Å². The molecule has 0 saturated carbocycles. The van der Waals surface area contributed by atoms with Gasteiger partial charge in [-0.1, -0.05) is 51.3 Å². The van der Waals surface area contributed by atoms with Gasteiger partial charge in [0.1, 0.15) is 0 Å². The minimum Gasteiger partial charge on any atom is -0.313 e. The van der Waals surface area contributed by atoms with E-state index >= 15 is 0 Å². The largest absolute Gasteiger partial charge is 0.313 e. The van der Waals surface area contributed by atoms with Gasteiger partial charge in [0.05, 0.1) is 0 Å². The summed E-state index contributed by atoms with van der Waals surface area (Å²) in [5, 5.41) is 3.45. The van der Waals surface area contributed by atoms with Crippen molar-refractivity contribution in [3.8, 4) is 0 Å². The zero-order valence-electron chi connectivity index (χ0n) is 12.6. The van der Waals surface area contributed by atoms with Gasteiger partial charge in [0.25, 0.3) is 0 Å². The van der Waals surface area contributed by atoms with Crippen LogP contribution in [-0.2, 0) is 6.42 Å². The zero-order valence-corrected chi connectivity index (χ0v) is 14.2. The molecule has 0 saturated heterocycles. The number of hydrogen-bond acceptors (Lipinski definition) is 1. The topological polar surface area (TPSA) is 12.0 Å². The van der Waals surface area contributed by atoms with E-state index in [9.17, 15) is 0 Å². The third-order valence-electron chi connectivity index (χ3n) is 3.68. The molecule has 106 valence electrons. The van der Waals surface area contributed by atoms with Crippen LogP contribution >= 0.6 is 15.9 Å². The molecule has 0 aliphatic rings. The minimum absolute atomic E-state index is 0.351. The van der Waals surface area contributed by atoms with Crippen LogP contribution in [0.3, 0.4) is 0 Å². The Hall–Kier alpha value is -1.12. The molecule has 0 amide bonds. The van der Waals surface area contributed by atoms with E-state index in [2.05, 4.69) is 78.4 Å². The second-order valence-electron chi connectivity index (χ2n) is 5.54. The molecule has 0 spiro atoms. The summed E-state index contributed by atoms with van der Waals surface area (Å²) in [4.78, 5) is 0. The lowest BCUT2D eigenvalue weighted by molar-refractivity contribution is 0.588. The Morgan fingerprint density at radius 2 is 1.65 bits per heavy atom. The van der Waals surface area contributed by atoms with E-state index < -0.39 is 0 Å². The molecule has 1 atom stereocenters. The van der Waals surface area contributed by atoms with Gasteiger partial charge < -0.3 is 5.32 Å². The molecule has 2 heteroatoms. The standard InChI is InChI=1S/C18H22BrN/c1-12-7-13(2)9-15(8-12)11-18(20-4)17-6-5-16(19)10-14(17)3/h5-10,18,20H,11H2,1-4H3. The SMILES string of the molecule is CNC(Cc1cc(C)cc(C)c1)c1ccc(Br)cc1C. The highest BCUT2D eigenvalue weighted by atomic mass is 79.9. The van der Waals surface area contributed by atoms with Gasteiger partial charge in [0.15, 0.2) is 0 Å². The summed E-state index contributed by atoms with van der Waals surface area (Å²) < 4.78 is 1.14. The smallest absolute Gasteiger partial charge is 0.0361 e. The lowest BCUT2D eigenvalue weighted by Gasteiger charge is -2.20. The van der Waals surface area contributed by atoms with Crippen LogP contribution in [0.1, 0.15) is 33.9 Å². The van der Waals surface area contributed by atoms with Crippen molar-refractivity contribution in [3.05, 3.63) is 68.7 Å².